The highest BCUT2D eigenvalue weighted by atomic mass is 16.2. The van der Waals surface area contributed by atoms with E-state index >= 15 is 0 Å². The minimum Gasteiger partial charge on any atom is -0.356 e. The van der Waals surface area contributed by atoms with Crippen LogP contribution in [0.15, 0.2) is 0 Å². The Balaban J connectivity index is 2.33. The van der Waals surface area contributed by atoms with Crippen molar-refractivity contribution >= 4 is 17.7 Å². The minimum atomic E-state index is -0.775. The number of piperazine rings is 1. The summed E-state index contributed by atoms with van der Waals surface area (Å²) >= 11 is 0. The molecule has 0 aromatic heterocycles. The van der Waals surface area contributed by atoms with Gasteiger partial charge in [-0.15, -0.1) is 0 Å². The van der Waals surface area contributed by atoms with Crippen LogP contribution in [-0.4, -0.2) is 48.9 Å². The van der Waals surface area contributed by atoms with Crippen LogP contribution in [0.1, 0.15) is 52.9 Å². The summed E-state index contributed by atoms with van der Waals surface area (Å²) in [7, 11) is 0. The van der Waals surface area contributed by atoms with Gasteiger partial charge in [-0.05, 0) is 19.4 Å². The van der Waals surface area contributed by atoms with Gasteiger partial charge in [0.1, 0.15) is 12.1 Å². The Morgan fingerprint density at radius 3 is 2.39 bits per heavy atom. The lowest BCUT2D eigenvalue weighted by Gasteiger charge is -2.29. The number of hydrogen-bond acceptors (Lipinski definition) is 4. The lowest BCUT2D eigenvalue weighted by atomic mass is 10.0. The van der Waals surface area contributed by atoms with E-state index in [2.05, 4.69) is 28.2 Å². The molecular weight excluding hydrogens is 296 g/mol. The summed E-state index contributed by atoms with van der Waals surface area (Å²) in [5.74, 6) is -0.719. The van der Waals surface area contributed by atoms with Crippen LogP contribution in [0.5, 0.6) is 0 Å². The number of rotatable bonds is 10. The van der Waals surface area contributed by atoms with Gasteiger partial charge in [0.05, 0.1) is 6.42 Å². The zero-order valence-electron chi connectivity index (χ0n) is 14.4. The van der Waals surface area contributed by atoms with Gasteiger partial charge in [0.25, 0.3) is 0 Å². The van der Waals surface area contributed by atoms with Crippen molar-refractivity contribution in [2.24, 2.45) is 0 Å². The molecule has 0 aromatic carbocycles. The molecule has 0 saturated carbocycles. The molecule has 23 heavy (non-hydrogen) atoms. The fourth-order valence-electron chi connectivity index (χ4n) is 2.40. The third-order valence-corrected chi connectivity index (χ3v) is 3.74. The van der Waals surface area contributed by atoms with Gasteiger partial charge in [0.15, 0.2) is 0 Å². The normalized spacial score (nSPS) is 21.0. The van der Waals surface area contributed by atoms with E-state index in [9.17, 15) is 14.4 Å². The summed E-state index contributed by atoms with van der Waals surface area (Å²) in [5, 5.41) is 11.3. The van der Waals surface area contributed by atoms with E-state index in [0.29, 0.717) is 25.6 Å². The Morgan fingerprint density at radius 1 is 1.09 bits per heavy atom. The van der Waals surface area contributed by atoms with Crippen LogP contribution >= 0.6 is 0 Å². The van der Waals surface area contributed by atoms with Crippen molar-refractivity contribution in [3.8, 4) is 0 Å². The molecule has 0 bridgehead atoms. The van der Waals surface area contributed by atoms with Crippen molar-refractivity contribution in [1.29, 1.82) is 0 Å². The van der Waals surface area contributed by atoms with Gasteiger partial charge in [-0.2, -0.15) is 0 Å². The van der Waals surface area contributed by atoms with Gasteiger partial charge in [-0.3, -0.25) is 14.4 Å². The van der Waals surface area contributed by atoms with Crippen LogP contribution < -0.4 is 21.3 Å². The fraction of sp³-hybridized carbons (Fsp3) is 0.812. The van der Waals surface area contributed by atoms with Gasteiger partial charge in [-0.25, -0.2) is 0 Å². The summed E-state index contributed by atoms with van der Waals surface area (Å²) in [6.45, 7) is 7.40. The smallest absolute Gasteiger partial charge is 0.243 e. The Morgan fingerprint density at radius 2 is 1.74 bits per heavy atom. The van der Waals surface area contributed by atoms with E-state index in [4.69, 9.17) is 0 Å². The Labute approximate surface area is 138 Å². The number of unbranched alkanes of at least 4 members (excludes halogenated alkanes) is 2. The highest BCUT2D eigenvalue weighted by molar-refractivity contribution is 5.99. The van der Waals surface area contributed by atoms with Crippen LogP contribution in [0, 0.1) is 0 Å². The van der Waals surface area contributed by atoms with Crippen LogP contribution in [-0.2, 0) is 14.4 Å². The van der Waals surface area contributed by atoms with Gasteiger partial charge in [0.2, 0.25) is 17.7 Å². The second-order valence-corrected chi connectivity index (χ2v) is 6.28. The Kier molecular flexibility index (Phi) is 8.61. The van der Waals surface area contributed by atoms with Gasteiger partial charge < -0.3 is 21.3 Å². The maximum Gasteiger partial charge on any atom is 0.243 e. The van der Waals surface area contributed by atoms with E-state index in [1.165, 1.54) is 0 Å². The molecular formula is C16H30N4O3. The first-order chi connectivity index (χ1) is 10.9. The molecule has 0 radical (unpaired) electrons. The number of carbonyl (C=O) groups is 3. The van der Waals surface area contributed by atoms with E-state index in [-0.39, 0.29) is 24.1 Å². The molecule has 3 amide bonds. The molecule has 7 nitrogen and oxygen atoms in total. The summed E-state index contributed by atoms with van der Waals surface area (Å²) in [6, 6.07) is -0.970. The first-order valence-corrected chi connectivity index (χ1v) is 8.54. The Hall–Kier alpha value is -1.63. The lowest BCUT2D eigenvalue weighted by Crippen LogP contribution is -2.62. The van der Waals surface area contributed by atoms with E-state index in [1.807, 2.05) is 13.8 Å². The molecule has 1 heterocycles. The molecule has 1 aliphatic heterocycles. The molecule has 7 heteroatoms. The second kappa shape index (κ2) is 10.2. The zero-order chi connectivity index (χ0) is 17.2. The quantitative estimate of drug-likeness (QED) is 0.426. The third-order valence-electron chi connectivity index (χ3n) is 3.74. The summed E-state index contributed by atoms with van der Waals surface area (Å²) < 4.78 is 0. The Bertz CT molecular complexity index is 412. The second-order valence-electron chi connectivity index (χ2n) is 6.28. The molecule has 2 atom stereocenters. The standard InChI is InChI=1S/C16H30N4O3/c1-4-5-6-8-18-14(21)10-13-16(23)19-12(15(22)20-13)7-9-17-11(2)3/h11-13,17H,4-10H2,1-3H3,(H,18,21)(H,19,23)(H,20,22). The van der Waals surface area contributed by atoms with Gasteiger partial charge >= 0.3 is 0 Å². The molecule has 4 N–H and O–H groups in total. The maximum absolute atomic E-state index is 12.0. The van der Waals surface area contributed by atoms with E-state index < -0.39 is 12.1 Å². The SMILES string of the molecule is CCCCCNC(=O)CC1NC(=O)C(CCNC(C)C)NC1=O. The predicted octanol–water partition coefficient (Wildman–Crippen LogP) is 0.0542. The molecule has 1 rings (SSSR count). The number of nitrogens with one attached hydrogen (secondary N) is 4. The molecule has 0 aliphatic carbocycles. The van der Waals surface area contributed by atoms with Crippen molar-refractivity contribution in [3.05, 3.63) is 0 Å². The van der Waals surface area contributed by atoms with Crippen molar-refractivity contribution < 1.29 is 14.4 Å². The first-order valence-electron chi connectivity index (χ1n) is 8.54. The molecule has 1 saturated heterocycles. The predicted molar refractivity (Wildman–Crippen MR) is 88.8 cm³/mol. The molecule has 1 fully saturated rings. The van der Waals surface area contributed by atoms with Gasteiger partial charge in [-0.1, -0.05) is 33.6 Å². The molecule has 1 aliphatic rings. The monoisotopic (exact) mass is 326 g/mol. The molecule has 132 valence electrons. The molecule has 2 unspecified atom stereocenters. The van der Waals surface area contributed by atoms with E-state index in [1.54, 1.807) is 0 Å². The third kappa shape index (κ3) is 7.45. The number of hydrogen-bond donors (Lipinski definition) is 4. The average Bonchev–Trinajstić information content (AvgIpc) is 2.48. The van der Waals surface area contributed by atoms with Crippen LogP contribution in [0.3, 0.4) is 0 Å². The molecule has 0 aromatic rings. The highest BCUT2D eigenvalue weighted by Gasteiger charge is 2.34. The van der Waals surface area contributed by atoms with Crippen LogP contribution in [0.25, 0.3) is 0 Å². The minimum absolute atomic E-state index is 0.0132. The number of amides is 3. The first kappa shape index (κ1) is 19.4. The summed E-state index contributed by atoms with van der Waals surface area (Å²) in [5.41, 5.74) is 0. The largest absolute Gasteiger partial charge is 0.356 e. The number of carbonyl (C=O) groups excluding carboxylic acids is 3. The van der Waals surface area contributed by atoms with E-state index in [0.717, 1.165) is 19.3 Å². The zero-order valence-corrected chi connectivity index (χ0v) is 14.4. The van der Waals surface area contributed by atoms with Crippen molar-refractivity contribution in [2.45, 2.75) is 71.0 Å². The van der Waals surface area contributed by atoms with Crippen molar-refractivity contribution in [1.82, 2.24) is 21.3 Å². The topological polar surface area (TPSA) is 99.3 Å². The maximum atomic E-state index is 12.0. The highest BCUT2D eigenvalue weighted by Crippen LogP contribution is 2.04. The summed E-state index contributed by atoms with van der Waals surface area (Å²) in [4.78, 5) is 35.9. The lowest BCUT2D eigenvalue weighted by molar-refractivity contribution is -0.138. The van der Waals surface area contributed by atoms with Crippen molar-refractivity contribution in [2.75, 3.05) is 13.1 Å². The van der Waals surface area contributed by atoms with Crippen LogP contribution in [0.2, 0.25) is 0 Å². The molecule has 0 spiro atoms. The van der Waals surface area contributed by atoms with Gasteiger partial charge in [0, 0.05) is 12.6 Å². The average molecular weight is 326 g/mol. The fourth-order valence-corrected chi connectivity index (χ4v) is 2.40. The summed E-state index contributed by atoms with van der Waals surface area (Å²) in [6.07, 6.45) is 3.60. The van der Waals surface area contributed by atoms with Crippen molar-refractivity contribution in [3.63, 3.8) is 0 Å². The van der Waals surface area contributed by atoms with Crippen LogP contribution in [0.4, 0.5) is 0 Å².